The molecule has 24 heavy (non-hydrogen) atoms. The highest BCUT2D eigenvalue weighted by atomic mass is 35.5. The zero-order chi connectivity index (χ0) is 18.3. The van der Waals surface area contributed by atoms with Crippen LogP contribution in [0, 0.1) is 0 Å². The predicted octanol–water partition coefficient (Wildman–Crippen LogP) is 1.34. The van der Waals surface area contributed by atoms with Gasteiger partial charge in [-0.05, 0) is 19.4 Å². The number of nitrogen functional groups attached to an aromatic ring is 1. The molecule has 3 N–H and O–H groups in total. The van der Waals surface area contributed by atoms with Crippen molar-refractivity contribution in [1.29, 1.82) is 0 Å². The minimum absolute atomic E-state index is 0.0597. The van der Waals surface area contributed by atoms with Crippen LogP contribution in [0.3, 0.4) is 0 Å². The average Bonchev–Trinajstić information content (AvgIpc) is 2.72. The second-order valence-electron chi connectivity index (χ2n) is 6.21. The van der Waals surface area contributed by atoms with Crippen LogP contribution in [-0.2, 0) is 9.30 Å². The number of rotatable bonds is 5. The van der Waals surface area contributed by atoms with Crippen LogP contribution in [0.1, 0.15) is 12.6 Å². The number of nitrogens with two attached hydrogens (primary N) is 1. The van der Waals surface area contributed by atoms with E-state index in [9.17, 15) is 23.2 Å². The maximum Gasteiger partial charge on any atom is 0.351 e. The van der Waals surface area contributed by atoms with Crippen molar-refractivity contribution in [3.63, 3.8) is 0 Å². The third kappa shape index (κ3) is 3.49. The van der Waals surface area contributed by atoms with Gasteiger partial charge in [-0.1, -0.05) is 0 Å². The summed E-state index contributed by atoms with van der Waals surface area (Å²) in [6.45, 7) is 2.47. The number of hydrogen-bond acceptors (Lipinski definition) is 6. The largest absolute Gasteiger partial charge is 0.387 e. The van der Waals surface area contributed by atoms with Crippen molar-refractivity contribution in [2.24, 2.45) is 0 Å². The molecule has 0 aromatic carbocycles. The first-order chi connectivity index (χ1) is 11.0. The first kappa shape index (κ1) is 19.3. The molecule has 1 aliphatic rings. The van der Waals surface area contributed by atoms with Crippen LogP contribution in [0.25, 0.3) is 0 Å². The van der Waals surface area contributed by atoms with Gasteiger partial charge in [-0.15, -0.1) is 11.6 Å². The molecule has 0 bridgehead atoms. The molecular weight excluding hydrogens is 367 g/mol. The zero-order valence-electron chi connectivity index (χ0n) is 13.1. The van der Waals surface area contributed by atoms with Gasteiger partial charge in [0.1, 0.15) is 24.7 Å². The maximum atomic E-state index is 14.5. The van der Waals surface area contributed by atoms with Crippen LogP contribution in [0.15, 0.2) is 17.1 Å². The molecule has 0 amide bonds. The Morgan fingerprint density at radius 1 is 1.62 bits per heavy atom. The van der Waals surface area contributed by atoms with Gasteiger partial charge in [0.05, 0.1) is 5.88 Å². The molecule has 7 nitrogen and oxygen atoms in total. The highest BCUT2D eigenvalue weighted by Gasteiger charge is 2.57. The highest BCUT2D eigenvalue weighted by molar-refractivity contribution is 7.62. The van der Waals surface area contributed by atoms with E-state index in [-0.39, 0.29) is 5.82 Å². The van der Waals surface area contributed by atoms with E-state index >= 15 is 0 Å². The molecule has 1 aliphatic heterocycles. The van der Waals surface area contributed by atoms with Crippen LogP contribution in [0.2, 0.25) is 0 Å². The van der Waals surface area contributed by atoms with Crippen LogP contribution in [0.5, 0.6) is 0 Å². The summed E-state index contributed by atoms with van der Waals surface area (Å²) in [5.41, 5.74) is 2.68. The number of aromatic nitrogens is 2. The molecule has 1 unspecified atom stereocenters. The van der Waals surface area contributed by atoms with Gasteiger partial charge >= 0.3 is 5.69 Å². The topological polar surface area (TPSA) is 107 Å². The fraction of sp³-hybridized carbons (Fsp3) is 0.692. The van der Waals surface area contributed by atoms with Gasteiger partial charge in [0.2, 0.25) is 0 Å². The lowest BCUT2D eigenvalue weighted by Crippen LogP contribution is -2.45. The minimum atomic E-state index is -3.16. The van der Waals surface area contributed by atoms with Gasteiger partial charge in [0.25, 0.3) is 0 Å². The molecule has 1 fully saturated rings. The molecule has 11 heteroatoms. The Labute approximate surface area is 142 Å². The summed E-state index contributed by atoms with van der Waals surface area (Å²) < 4.78 is 46.9. The molecule has 5 atom stereocenters. The number of anilines is 1. The summed E-state index contributed by atoms with van der Waals surface area (Å²) in [4.78, 5) is 15.3. The van der Waals surface area contributed by atoms with E-state index in [1.807, 2.05) is 0 Å². The van der Waals surface area contributed by atoms with Crippen molar-refractivity contribution in [2.45, 2.75) is 36.4 Å². The Bertz CT molecular complexity index is 715. The summed E-state index contributed by atoms with van der Waals surface area (Å²) in [6.07, 6.45) is -4.78. The lowest BCUT2D eigenvalue weighted by atomic mass is 9.94. The smallest absolute Gasteiger partial charge is 0.351 e. The normalized spacial score (nSPS) is 32.0. The van der Waals surface area contributed by atoms with Crippen molar-refractivity contribution in [3.05, 3.63) is 22.7 Å². The van der Waals surface area contributed by atoms with Crippen molar-refractivity contribution in [3.8, 4) is 0 Å². The zero-order valence-corrected chi connectivity index (χ0v) is 14.8. The number of hydrogen-bond donors (Lipinski definition) is 2. The highest BCUT2D eigenvalue weighted by Crippen LogP contribution is 2.51. The standard InChI is InChI=1S/C13H19ClF2N3O4P/c1-24(2,22)7(15)5-13(6-14)10(20)9(16)11(23-13)19-4-3-8(17)18-12(19)21/h3-4,7,9-11,20H,5-6H2,1-2H3,(H2,17,18,21)/t7?,9-,10+,11-,13+/m1/s1. The lowest BCUT2D eigenvalue weighted by molar-refractivity contribution is -0.0992. The second-order valence-corrected chi connectivity index (χ2v) is 9.91. The Morgan fingerprint density at radius 2 is 2.25 bits per heavy atom. The third-order valence-corrected chi connectivity index (χ3v) is 5.99. The summed E-state index contributed by atoms with van der Waals surface area (Å²) in [6, 6.07) is 1.26. The van der Waals surface area contributed by atoms with Crippen LogP contribution in [0.4, 0.5) is 14.6 Å². The Balaban J connectivity index is 2.36. The molecule has 0 aliphatic carbocycles. The molecule has 2 rings (SSSR count). The van der Waals surface area contributed by atoms with Crippen molar-refractivity contribution < 1.29 is 23.2 Å². The van der Waals surface area contributed by atoms with Crippen molar-refractivity contribution >= 4 is 24.6 Å². The van der Waals surface area contributed by atoms with E-state index in [0.717, 1.165) is 10.8 Å². The maximum absolute atomic E-state index is 14.5. The first-order valence-corrected chi connectivity index (χ1v) is 10.3. The van der Waals surface area contributed by atoms with Crippen LogP contribution >= 0.6 is 18.7 Å². The van der Waals surface area contributed by atoms with E-state index in [2.05, 4.69) is 4.98 Å². The summed E-state index contributed by atoms with van der Waals surface area (Å²) in [7, 11) is -3.16. The lowest BCUT2D eigenvalue weighted by Gasteiger charge is -2.32. The fourth-order valence-electron chi connectivity index (χ4n) is 2.49. The molecule has 1 aromatic heterocycles. The number of ether oxygens (including phenoxy) is 1. The SMILES string of the molecule is CP(C)(=O)C(F)C[C@@]1(CCl)O[C@@H](n2ccc(N)nc2=O)[C@H](F)[C@@H]1O. The third-order valence-electron chi connectivity index (χ3n) is 4.01. The number of halogens is 3. The number of aliphatic hydroxyl groups excluding tert-OH is 1. The van der Waals surface area contributed by atoms with Gasteiger partial charge in [0.15, 0.2) is 18.3 Å². The Hall–Kier alpha value is -1.02. The first-order valence-electron chi connectivity index (χ1n) is 7.11. The van der Waals surface area contributed by atoms with Gasteiger partial charge in [-0.3, -0.25) is 4.57 Å². The molecule has 0 radical (unpaired) electrons. The van der Waals surface area contributed by atoms with Crippen LogP contribution < -0.4 is 11.4 Å². The number of alkyl halides is 3. The van der Waals surface area contributed by atoms with Gasteiger partial charge in [-0.2, -0.15) is 4.98 Å². The molecule has 0 spiro atoms. The monoisotopic (exact) mass is 385 g/mol. The summed E-state index contributed by atoms with van der Waals surface area (Å²) in [5, 5.41) is 10.2. The average molecular weight is 386 g/mol. The summed E-state index contributed by atoms with van der Waals surface area (Å²) in [5.74, 6) is -2.34. The Kier molecular flexibility index (Phi) is 5.40. The molecule has 0 saturated carbocycles. The van der Waals surface area contributed by atoms with Gasteiger partial charge < -0.3 is 20.1 Å². The summed E-state index contributed by atoms with van der Waals surface area (Å²) >= 11 is 5.81. The molecule has 1 aromatic rings. The van der Waals surface area contributed by atoms with E-state index in [1.165, 1.54) is 19.4 Å². The van der Waals surface area contributed by atoms with Gasteiger partial charge in [0, 0.05) is 12.6 Å². The number of nitrogens with zero attached hydrogens (tertiary/aromatic N) is 2. The van der Waals surface area contributed by atoms with E-state index in [0.29, 0.717) is 0 Å². The van der Waals surface area contributed by atoms with E-state index < -0.39 is 55.1 Å². The second kappa shape index (κ2) is 6.71. The fourth-order valence-corrected chi connectivity index (χ4v) is 3.57. The molecule has 136 valence electrons. The van der Waals surface area contributed by atoms with Crippen LogP contribution in [-0.4, -0.2) is 57.7 Å². The number of aliphatic hydroxyl groups is 1. The van der Waals surface area contributed by atoms with Crippen molar-refractivity contribution in [1.82, 2.24) is 9.55 Å². The Morgan fingerprint density at radius 3 is 2.75 bits per heavy atom. The van der Waals surface area contributed by atoms with E-state index in [1.54, 1.807) is 0 Å². The van der Waals surface area contributed by atoms with E-state index in [4.69, 9.17) is 22.1 Å². The molecule has 2 heterocycles. The van der Waals surface area contributed by atoms with Gasteiger partial charge in [-0.25, -0.2) is 13.6 Å². The predicted molar refractivity (Wildman–Crippen MR) is 86.4 cm³/mol. The quantitative estimate of drug-likeness (QED) is 0.585. The molecule has 1 saturated heterocycles. The van der Waals surface area contributed by atoms with Crippen molar-refractivity contribution in [2.75, 3.05) is 24.9 Å². The minimum Gasteiger partial charge on any atom is -0.387 e. The molecular formula is C13H19ClF2N3O4P.